The van der Waals surface area contributed by atoms with Gasteiger partial charge >= 0.3 is 0 Å². The van der Waals surface area contributed by atoms with Crippen LogP contribution in [0.5, 0.6) is 0 Å². The molecule has 0 radical (unpaired) electrons. The fraction of sp³-hybridized carbons (Fsp3) is 0.375. The Labute approximate surface area is 95.3 Å². The third-order valence-electron chi connectivity index (χ3n) is 1.92. The SMILES string of the molecule is Cc1noc(CCNC(=O)c2nonc2N)n1. The summed E-state index contributed by atoms with van der Waals surface area (Å²) in [4.78, 5) is 15.5. The molecule has 2 aromatic heterocycles. The second kappa shape index (κ2) is 4.60. The van der Waals surface area contributed by atoms with E-state index in [9.17, 15) is 4.79 Å². The Morgan fingerprint density at radius 1 is 1.41 bits per heavy atom. The van der Waals surface area contributed by atoms with Crippen LogP contribution < -0.4 is 11.1 Å². The number of nitrogens with zero attached hydrogens (tertiary/aromatic N) is 4. The maximum atomic E-state index is 11.5. The maximum absolute atomic E-state index is 11.5. The lowest BCUT2D eigenvalue weighted by molar-refractivity contribution is 0.0944. The van der Waals surface area contributed by atoms with Crippen molar-refractivity contribution in [3.8, 4) is 0 Å². The van der Waals surface area contributed by atoms with Crippen molar-refractivity contribution in [1.29, 1.82) is 0 Å². The number of nitrogen functional groups attached to an aromatic ring is 1. The van der Waals surface area contributed by atoms with E-state index < -0.39 is 5.91 Å². The summed E-state index contributed by atoms with van der Waals surface area (Å²) >= 11 is 0. The average molecular weight is 238 g/mol. The third-order valence-corrected chi connectivity index (χ3v) is 1.92. The standard InChI is InChI=1S/C8H10N6O3/c1-4-11-5(16-12-4)2-3-10-8(15)6-7(9)14-17-13-6/h2-3H2,1H3,(H2,9,14)(H,10,15). The lowest BCUT2D eigenvalue weighted by Gasteiger charge is -1.99. The number of nitrogens with two attached hydrogens (primary N) is 1. The van der Waals surface area contributed by atoms with Crippen LogP contribution in [0.15, 0.2) is 9.15 Å². The first kappa shape index (κ1) is 11.0. The van der Waals surface area contributed by atoms with Gasteiger partial charge in [-0.3, -0.25) is 4.79 Å². The fourth-order valence-corrected chi connectivity index (χ4v) is 1.16. The van der Waals surface area contributed by atoms with Crippen LogP contribution >= 0.6 is 0 Å². The highest BCUT2D eigenvalue weighted by molar-refractivity contribution is 5.95. The van der Waals surface area contributed by atoms with Crippen molar-refractivity contribution in [3.63, 3.8) is 0 Å². The van der Waals surface area contributed by atoms with E-state index in [2.05, 4.69) is 30.4 Å². The van der Waals surface area contributed by atoms with Crippen molar-refractivity contribution < 1.29 is 13.9 Å². The predicted octanol–water partition coefficient (Wildman–Crippen LogP) is -0.684. The summed E-state index contributed by atoms with van der Waals surface area (Å²) in [7, 11) is 0. The Morgan fingerprint density at radius 3 is 2.82 bits per heavy atom. The van der Waals surface area contributed by atoms with Crippen LogP contribution in [0.1, 0.15) is 22.2 Å². The molecular formula is C8H10N6O3. The molecule has 2 aromatic rings. The van der Waals surface area contributed by atoms with Crippen LogP contribution in [0, 0.1) is 6.92 Å². The molecular weight excluding hydrogens is 228 g/mol. The van der Waals surface area contributed by atoms with Gasteiger partial charge in [0.15, 0.2) is 5.82 Å². The topological polar surface area (TPSA) is 133 Å². The van der Waals surface area contributed by atoms with Gasteiger partial charge in [0, 0.05) is 13.0 Å². The van der Waals surface area contributed by atoms with E-state index in [4.69, 9.17) is 10.3 Å². The number of aromatic nitrogens is 4. The first-order valence-corrected chi connectivity index (χ1v) is 4.82. The molecule has 9 nitrogen and oxygen atoms in total. The molecule has 3 N–H and O–H groups in total. The molecule has 0 bridgehead atoms. The van der Waals surface area contributed by atoms with E-state index in [1.807, 2.05) is 0 Å². The van der Waals surface area contributed by atoms with Crippen molar-refractivity contribution in [2.24, 2.45) is 0 Å². The van der Waals surface area contributed by atoms with Gasteiger partial charge in [0.05, 0.1) is 0 Å². The molecule has 0 atom stereocenters. The van der Waals surface area contributed by atoms with Crippen LogP contribution in [0.3, 0.4) is 0 Å². The van der Waals surface area contributed by atoms with Crippen molar-refractivity contribution in [2.45, 2.75) is 13.3 Å². The van der Waals surface area contributed by atoms with Crippen LogP contribution in [0.4, 0.5) is 5.82 Å². The Kier molecular flexibility index (Phi) is 2.99. The van der Waals surface area contributed by atoms with E-state index in [0.29, 0.717) is 24.7 Å². The van der Waals surface area contributed by atoms with Gasteiger partial charge in [-0.2, -0.15) is 4.98 Å². The number of nitrogens with one attached hydrogen (secondary N) is 1. The summed E-state index contributed by atoms with van der Waals surface area (Å²) < 4.78 is 9.18. The summed E-state index contributed by atoms with van der Waals surface area (Å²) in [6.07, 6.45) is 0.428. The van der Waals surface area contributed by atoms with Gasteiger partial charge in [-0.15, -0.1) is 0 Å². The number of hydrogen-bond donors (Lipinski definition) is 2. The molecule has 0 fully saturated rings. The molecule has 17 heavy (non-hydrogen) atoms. The molecule has 0 aliphatic rings. The Morgan fingerprint density at radius 2 is 2.24 bits per heavy atom. The minimum Gasteiger partial charge on any atom is -0.379 e. The van der Waals surface area contributed by atoms with Gasteiger partial charge in [-0.25, -0.2) is 4.63 Å². The fourth-order valence-electron chi connectivity index (χ4n) is 1.16. The van der Waals surface area contributed by atoms with Crippen molar-refractivity contribution >= 4 is 11.7 Å². The number of aryl methyl sites for hydroxylation is 1. The molecule has 2 rings (SSSR count). The number of hydrogen-bond acceptors (Lipinski definition) is 8. The third kappa shape index (κ3) is 2.56. The largest absolute Gasteiger partial charge is 0.379 e. The van der Waals surface area contributed by atoms with Crippen molar-refractivity contribution in [1.82, 2.24) is 25.8 Å². The Hall–Kier alpha value is -2.45. The number of amides is 1. The number of rotatable bonds is 4. The summed E-state index contributed by atoms with van der Waals surface area (Å²) in [6, 6.07) is 0. The van der Waals surface area contributed by atoms with E-state index in [-0.39, 0.29) is 11.5 Å². The maximum Gasteiger partial charge on any atom is 0.277 e. The van der Waals surface area contributed by atoms with Crippen LogP contribution in [0.2, 0.25) is 0 Å². The van der Waals surface area contributed by atoms with Gasteiger partial charge < -0.3 is 15.6 Å². The highest BCUT2D eigenvalue weighted by atomic mass is 16.6. The molecule has 0 unspecified atom stereocenters. The van der Waals surface area contributed by atoms with Gasteiger partial charge in [0.2, 0.25) is 17.4 Å². The molecule has 90 valence electrons. The second-order valence-electron chi connectivity index (χ2n) is 3.24. The number of carbonyl (C=O) groups is 1. The molecule has 0 aromatic carbocycles. The summed E-state index contributed by atoms with van der Waals surface area (Å²) in [6.45, 7) is 2.04. The van der Waals surface area contributed by atoms with Crippen LogP contribution in [-0.2, 0) is 6.42 Å². The second-order valence-corrected chi connectivity index (χ2v) is 3.24. The molecule has 0 aliphatic heterocycles. The Balaban J connectivity index is 1.83. The van der Waals surface area contributed by atoms with Gasteiger partial charge in [0.25, 0.3) is 5.91 Å². The van der Waals surface area contributed by atoms with Gasteiger partial charge in [0.1, 0.15) is 0 Å². The highest BCUT2D eigenvalue weighted by Crippen LogP contribution is 2.03. The van der Waals surface area contributed by atoms with Crippen molar-refractivity contribution in [2.75, 3.05) is 12.3 Å². The zero-order chi connectivity index (χ0) is 12.3. The lowest BCUT2D eigenvalue weighted by Crippen LogP contribution is -2.26. The van der Waals surface area contributed by atoms with Crippen LogP contribution in [-0.4, -0.2) is 32.9 Å². The normalized spacial score (nSPS) is 10.4. The monoisotopic (exact) mass is 238 g/mol. The number of anilines is 1. The smallest absolute Gasteiger partial charge is 0.277 e. The van der Waals surface area contributed by atoms with E-state index in [0.717, 1.165) is 0 Å². The molecule has 0 saturated heterocycles. The first-order valence-electron chi connectivity index (χ1n) is 4.82. The minimum atomic E-state index is -0.458. The molecule has 0 spiro atoms. The number of carbonyl (C=O) groups excluding carboxylic acids is 1. The molecule has 0 saturated carbocycles. The van der Waals surface area contributed by atoms with Gasteiger partial charge in [-0.1, -0.05) is 5.16 Å². The minimum absolute atomic E-state index is 0.0355. The zero-order valence-electron chi connectivity index (χ0n) is 9.01. The van der Waals surface area contributed by atoms with Crippen LogP contribution in [0.25, 0.3) is 0 Å². The predicted molar refractivity (Wildman–Crippen MR) is 53.8 cm³/mol. The first-order chi connectivity index (χ1) is 8.16. The quantitative estimate of drug-likeness (QED) is 0.715. The summed E-state index contributed by atoms with van der Waals surface area (Å²) in [5, 5.41) is 12.9. The van der Waals surface area contributed by atoms with E-state index in [1.54, 1.807) is 6.92 Å². The summed E-state index contributed by atoms with van der Waals surface area (Å²) in [5.41, 5.74) is 5.32. The molecule has 1 amide bonds. The summed E-state index contributed by atoms with van der Waals surface area (Å²) in [5.74, 6) is 0.501. The lowest BCUT2D eigenvalue weighted by atomic mass is 10.3. The van der Waals surface area contributed by atoms with E-state index >= 15 is 0 Å². The van der Waals surface area contributed by atoms with Crippen molar-refractivity contribution in [3.05, 3.63) is 17.4 Å². The van der Waals surface area contributed by atoms with E-state index in [1.165, 1.54) is 0 Å². The molecule has 9 heteroatoms. The highest BCUT2D eigenvalue weighted by Gasteiger charge is 2.15. The molecule has 0 aliphatic carbocycles. The zero-order valence-corrected chi connectivity index (χ0v) is 9.01. The average Bonchev–Trinajstić information content (AvgIpc) is 2.87. The van der Waals surface area contributed by atoms with Gasteiger partial charge in [-0.05, 0) is 17.2 Å². The molecule has 2 heterocycles. The Bertz CT molecular complexity index is 519.